The van der Waals surface area contributed by atoms with Crippen molar-refractivity contribution in [3.05, 3.63) is 35.9 Å². The highest BCUT2D eigenvalue weighted by Gasteiger charge is 2.35. The molecule has 0 aliphatic carbocycles. The van der Waals surface area contributed by atoms with Gasteiger partial charge >= 0.3 is 6.09 Å². The van der Waals surface area contributed by atoms with Gasteiger partial charge in [0, 0.05) is 6.54 Å². The number of piperidine rings is 1. The molecule has 2 aliphatic heterocycles. The minimum Gasteiger partial charge on any atom is -0.445 e. The van der Waals surface area contributed by atoms with Gasteiger partial charge in [-0.25, -0.2) is 4.79 Å². The lowest BCUT2D eigenvalue weighted by Gasteiger charge is -2.34. The van der Waals surface area contributed by atoms with E-state index in [0.717, 1.165) is 30.7 Å². The standard InChI is InChI=1S/C17H22N2O3S/c20-16-14(9-11-23-15-8-4-5-10-19(15)16)18-17(21)22-12-13-6-2-1-3-7-13/h1-3,6-7,14-15H,4-5,8-12H2,(H,18,21)/t14-,15?/m0/s1. The summed E-state index contributed by atoms with van der Waals surface area (Å²) in [5.41, 5.74) is 0.932. The highest BCUT2D eigenvalue weighted by Crippen LogP contribution is 2.30. The van der Waals surface area contributed by atoms with E-state index in [1.54, 1.807) is 0 Å². The molecular formula is C17H22N2O3S. The quantitative estimate of drug-likeness (QED) is 0.923. The van der Waals surface area contributed by atoms with Crippen LogP contribution in [0.4, 0.5) is 4.79 Å². The summed E-state index contributed by atoms with van der Waals surface area (Å²) in [6.45, 7) is 1.02. The first kappa shape index (κ1) is 16.2. The van der Waals surface area contributed by atoms with Gasteiger partial charge in [0.15, 0.2) is 0 Å². The molecule has 2 atom stereocenters. The van der Waals surface area contributed by atoms with Crippen molar-refractivity contribution in [1.82, 2.24) is 10.2 Å². The van der Waals surface area contributed by atoms with Gasteiger partial charge < -0.3 is 15.0 Å². The molecule has 0 spiro atoms. The van der Waals surface area contributed by atoms with Crippen LogP contribution in [0.3, 0.4) is 0 Å². The highest BCUT2D eigenvalue weighted by atomic mass is 32.2. The van der Waals surface area contributed by atoms with E-state index in [-0.39, 0.29) is 17.9 Å². The number of fused-ring (bicyclic) bond motifs is 1. The molecule has 0 radical (unpaired) electrons. The molecule has 0 saturated carbocycles. The minimum atomic E-state index is -0.521. The number of thioether (sulfide) groups is 1. The van der Waals surface area contributed by atoms with Crippen LogP contribution >= 0.6 is 11.8 Å². The van der Waals surface area contributed by atoms with E-state index in [1.165, 1.54) is 6.42 Å². The van der Waals surface area contributed by atoms with Gasteiger partial charge in [-0.2, -0.15) is 0 Å². The van der Waals surface area contributed by atoms with E-state index in [0.29, 0.717) is 6.42 Å². The monoisotopic (exact) mass is 334 g/mol. The fourth-order valence-corrected chi connectivity index (χ4v) is 4.38. The van der Waals surface area contributed by atoms with Crippen molar-refractivity contribution in [3.8, 4) is 0 Å². The molecule has 1 unspecified atom stereocenters. The third-order valence-electron chi connectivity index (χ3n) is 4.25. The van der Waals surface area contributed by atoms with Crippen molar-refractivity contribution < 1.29 is 14.3 Å². The first-order chi connectivity index (χ1) is 11.2. The molecule has 1 N–H and O–H groups in total. The Labute approximate surface area is 140 Å². The second kappa shape index (κ2) is 7.73. The molecule has 0 bridgehead atoms. The van der Waals surface area contributed by atoms with Gasteiger partial charge in [0.25, 0.3) is 0 Å². The number of nitrogens with one attached hydrogen (secondary N) is 1. The Bertz CT molecular complexity index is 552. The Morgan fingerprint density at radius 3 is 2.91 bits per heavy atom. The summed E-state index contributed by atoms with van der Waals surface area (Å²) in [6.07, 6.45) is 3.43. The predicted octanol–water partition coefficient (Wildman–Crippen LogP) is 2.76. The predicted molar refractivity (Wildman–Crippen MR) is 90.0 cm³/mol. The van der Waals surface area contributed by atoms with Crippen LogP contribution in [-0.2, 0) is 16.1 Å². The van der Waals surface area contributed by atoms with Crippen LogP contribution < -0.4 is 5.32 Å². The molecule has 3 rings (SSSR count). The number of rotatable bonds is 3. The van der Waals surface area contributed by atoms with Crippen molar-refractivity contribution in [2.24, 2.45) is 0 Å². The molecule has 1 aromatic rings. The lowest BCUT2D eigenvalue weighted by Crippen LogP contribution is -2.51. The molecule has 124 valence electrons. The summed E-state index contributed by atoms with van der Waals surface area (Å²) >= 11 is 1.83. The number of carbonyl (C=O) groups excluding carboxylic acids is 2. The number of hydrogen-bond acceptors (Lipinski definition) is 4. The Balaban J connectivity index is 1.53. The van der Waals surface area contributed by atoms with Crippen molar-refractivity contribution in [1.29, 1.82) is 0 Å². The summed E-state index contributed by atoms with van der Waals surface area (Å²) in [4.78, 5) is 26.6. The van der Waals surface area contributed by atoms with Gasteiger partial charge in [0.05, 0.1) is 5.37 Å². The van der Waals surface area contributed by atoms with Gasteiger partial charge in [0.2, 0.25) is 5.91 Å². The van der Waals surface area contributed by atoms with E-state index in [1.807, 2.05) is 47.0 Å². The maximum absolute atomic E-state index is 12.6. The van der Waals surface area contributed by atoms with Gasteiger partial charge in [-0.15, -0.1) is 11.8 Å². The summed E-state index contributed by atoms with van der Waals surface area (Å²) < 4.78 is 5.23. The number of ether oxygens (including phenoxy) is 1. The zero-order chi connectivity index (χ0) is 16.1. The molecule has 2 aliphatic rings. The zero-order valence-corrected chi connectivity index (χ0v) is 13.9. The molecule has 0 aromatic heterocycles. The van der Waals surface area contributed by atoms with Gasteiger partial charge in [-0.05, 0) is 37.0 Å². The van der Waals surface area contributed by atoms with Crippen LogP contribution in [0.5, 0.6) is 0 Å². The molecule has 23 heavy (non-hydrogen) atoms. The average Bonchev–Trinajstić information content (AvgIpc) is 2.74. The number of amides is 2. The fourth-order valence-electron chi connectivity index (χ4n) is 3.01. The van der Waals surface area contributed by atoms with E-state index < -0.39 is 12.1 Å². The summed E-state index contributed by atoms with van der Waals surface area (Å²) in [6, 6.07) is 9.06. The Hall–Kier alpha value is -1.69. The topological polar surface area (TPSA) is 58.6 Å². The van der Waals surface area contributed by atoms with Crippen LogP contribution in [0.1, 0.15) is 31.2 Å². The average molecular weight is 334 g/mol. The molecule has 1 aromatic carbocycles. The van der Waals surface area contributed by atoms with Crippen LogP contribution in [0.25, 0.3) is 0 Å². The molecule has 2 heterocycles. The molecular weight excluding hydrogens is 312 g/mol. The van der Waals surface area contributed by atoms with Crippen LogP contribution in [0, 0.1) is 0 Å². The SMILES string of the molecule is O=C(N[C@H]1CCSC2CCCCN2C1=O)OCc1ccccc1. The van der Waals surface area contributed by atoms with Gasteiger partial charge in [-0.1, -0.05) is 30.3 Å². The Kier molecular flexibility index (Phi) is 5.43. The van der Waals surface area contributed by atoms with Crippen LogP contribution in [0.2, 0.25) is 0 Å². The number of nitrogens with zero attached hydrogens (tertiary/aromatic N) is 1. The molecule has 2 fully saturated rings. The molecule has 6 heteroatoms. The van der Waals surface area contributed by atoms with Crippen LogP contribution in [0.15, 0.2) is 30.3 Å². The minimum absolute atomic E-state index is 0.0383. The first-order valence-corrected chi connectivity index (χ1v) is 9.18. The summed E-state index contributed by atoms with van der Waals surface area (Å²) in [5.74, 6) is 0.924. The van der Waals surface area contributed by atoms with Crippen LogP contribution in [-0.4, -0.2) is 40.6 Å². The zero-order valence-electron chi connectivity index (χ0n) is 13.1. The van der Waals surface area contributed by atoms with Crippen molar-refractivity contribution in [2.75, 3.05) is 12.3 Å². The van der Waals surface area contributed by atoms with Gasteiger partial charge in [0.1, 0.15) is 12.6 Å². The second-order valence-electron chi connectivity index (χ2n) is 5.90. The summed E-state index contributed by atoms with van der Waals surface area (Å²) in [7, 11) is 0. The van der Waals surface area contributed by atoms with Crippen molar-refractivity contribution >= 4 is 23.8 Å². The Morgan fingerprint density at radius 2 is 2.09 bits per heavy atom. The third-order valence-corrected chi connectivity index (χ3v) is 5.60. The largest absolute Gasteiger partial charge is 0.445 e. The van der Waals surface area contributed by atoms with Crippen molar-refractivity contribution in [2.45, 2.75) is 43.7 Å². The number of benzene rings is 1. The lowest BCUT2D eigenvalue weighted by molar-refractivity contribution is -0.134. The molecule has 2 saturated heterocycles. The molecule has 2 amide bonds. The van der Waals surface area contributed by atoms with Crippen molar-refractivity contribution in [3.63, 3.8) is 0 Å². The fraction of sp³-hybridized carbons (Fsp3) is 0.529. The van der Waals surface area contributed by atoms with E-state index in [9.17, 15) is 9.59 Å². The lowest BCUT2D eigenvalue weighted by atomic mass is 10.1. The molecule has 5 nitrogen and oxygen atoms in total. The number of carbonyl (C=O) groups is 2. The normalized spacial score (nSPS) is 24.5. The second-order valence-corrected chi connectivity index (χ2v) is 7.19. The Morgan fingerprint density at radius 1 is 1.26 bits per heavy atom. The third kappa shape index (κ3) is 4.19. The van der Waals surface area contributed by atoms with E-state index in [4.69, 9.17) is 4.74 Å². The van der Waals surface area contributed by atoms with E-state index in [2.05, 4.69) is 5.32 Å². The number of alkyl carbamates (subject to hydrolysis) is 1. The highest BCUT2D eigenvalue weighted by molar-refractivity contribution is 7.99. The summed E-state index contributed by atoms with van der Waals surface area (Å²) in [5, 5.41) is 3.03. The number of hydrogen-bond donors (Lipinski definition) is 1. The smallest absolute Gasteiger partial charge is 0.408 e. The van der Waals surface area contributed by atoms with Gasteiger partial charge in [-0.3, -0.25) is 4.79 Å². The first-order valence-electron chi connectivity index (χ1n) is 8.13. The van der Waals surface area contributed by atoms with E-state index >= 15 is 0 Å². The maximum atomic E-state index is 12.6. The maximum Gasteiger partial charge on any atom is 0.408 e.